The van der Waals surface area contributed by atoms with Crippen LogP contribution in [0.2, 0.25) is 0 Å². The molecule has 0 aliphatic heterocycles. The molecule has 1 aromatic heterocycles. The van der Waals surface area contributed by atoms with Gasteiger partial charge in [0, 0.05) is 32.3 Å². The molecule has 118 valence electrons. The van der Waals surface area contributed by atoms with Gasteiger partial charge in [-0.25, -0.2) is 4.98 Å². The topological polar surface area (TPSA) is 65.5 Å². The van der Waals surface area contributed by atoms with Gasteiger partial charge in [-0.05, 0) is 18.1 Å². The number of aliphatic hydroxyl groups excluding tert-OH is 1. The van der Waals surface area contributed by atoms with Crippen LogP contribution in [0.1, 0.15) is 38.1 Å². The molecule has 0 bridgehead atoms. The highest BCUT2D eigenvalue weighted by Gasteiger charge is 2.30. The van der Waals surface area contributed by atoms with E-state index in [-0.39, 0.29) is 17.2 Å². The van der Waals surface area contributed by atoms with Gasteiger partial charge in [0.15, 0.2) is 0 Å². The van der Waals surface area contributed by atoms with Crippen molar-refractivity contribution >= 4 is 11.7 Å². The fraction of sp³-hybridized carbons (Fsp3) is 0.625. The molecule has 0 fully saturated rings. The number of carbonyl (C=O) groups excluding carboxylic acids is 1. The smallest absolute Gasteiger partial charge is 0.252 e. The van der Waals surface area contributed by atoms with E-state index in [4.69, 9.17) is 0 Å². The Bertz CT molecular complexity index is 467. The molecule has 0 aliphatic rings. The molecule has 1 heterocycles. The molecule has 5 heteroatoms. The first-order valence-electron chi connectivity index (χ1n) is 7.25. The minimum absolute atomic E-state index is 0.151. The monoisotopic (exact) mass is 293 g/mol. The van der Waals surface area contributed by atoms with Gasteiger partial charge in [0.2, 0.25) is 0 Å². The van der Waals surface area contributed by atoms with Crippen molar-refractivity contribution in [2.45, 2.75) is 33.8 Å². The number of rotatable bonds is 6. The van der Waals surface area contributed by atoms with Crippen molar-refractivity contribution in [3.05, 3.63) is 23.9 Å². The average Bonchev–Trinajstić information content (AvgIpc) is 2.43. The van der Waals surface area contributed by atoms with E-state index in [2.05, 4.69) is 10.3 Å². The highest BCUT2D eigenvalue weighted by molar-refractivity contribution is 5.94. The summed E-state index contributed by atoms with van der Waals surface area (Å²) in [7, 11) is 3.80. The summed E-state index contributed by atoms with van der Waals surface area (Å²) in [5.41, 5.74) is 0.149. The molecule has 0 saturated heterocycles. The van der Waals surface area contributed by atoms with E-state index >= 15 is 0 Å². The first-order chi connectivity index (χ1) is 9.65. The van der Waals surface area contributed by atoms with Gasteiger partial charge in [-0.3, -0.25) is 4.79 Å². The number of pyridine rings is 1. The zero-order valence-corrected chi connectivity index (χ0v) is 13.8. The van der Waals surface area contributed by atoms with E-state index < -0.39 is 6.10 Å². The van der Waals surface area contributed by atoms with E-state index in [9.17, 15) is 9.90 Å². The molecule has 21 heavy (non-hydrogen) atoms. The molecule has 1 amide bonds. The molecule has 0 saturated carbocycles. The van der Waals surface area contributed by atoms with Gasteiger partial charge in [0.25, 0.3) is 5.91 Å². The minimum Gasteiger partial charge on any atom is -0.392 e. The maximum atomic E-state index is 12.1. The normalized spacial score (nSPS) is 13.1. The summed E-state index contributed by atoms with van der Waals surface area (Å²) in [5.74, 6) is 0.789. The second-order valence-corrected chi connectivity index (χ2v) is 6.66. The molecule has 0 radical (unpaired) electrons. The Balaban J connectivity index is 2.65. The number of aromatic nitrogens is 1. The standard InChI is InChI=1S/C16H27N3O2/c1-11(2)14(20)16(3,4)10-18-15(21)12-7-8-13(17-9-12)19(5)6/h7-9,11,14,20H,10H2,1-6H3,(H,18,21). The summed E-state index contributed by atoms with van der Waals surface area (Å²) in [6.07, 6.45) is 1.10. The number of hydrogen-bond acceptors (Lipinski definition) is 4. The number of nitrogens with one attached hydrogen (secondary N) is 1. The largest absolute Gasteiger partial charge is 0.392 e. The van der Waals surface area contributed by atoms with Gasteiger partial charge in [-0.2, -0.15) is 0 Å². The number of aliphatic hydroxyl groups is 1. The molecule has 1 atom stereocenters. The number of nitrogens with zero attached hydrogens (tertiary/aromatic N) is 2. The molecule has 1 unspecified atom stereocenters. The van der Waals surface area contributed by atoms with Gasteiger partial charge in [-0.1, -0.05) is 27.7 Å². The highest BCUT2D eigenvalue weighted by Crippen LogP contribution is 2.25. The molecule has 1 aromatic rings. The van der Waals surface area contributed by atoms with Crippen molar-refractivity contribution in [1.29, 1.82) is 0 Å². The van der Waals surface area contributed by atoms with Crippen LogP contribution >= 0.6 is 0 Å². The van der Waals surface area contributed by atoms with Crippen LogP contribution in [-0.2, 0) is 0 Å². The lowest BCUT2D eigenvalue weighted by atomic mass is 9.80. The summed E-state index contributed by atoms with van der Waals surface area (Å²) < 4.78 is 0. The van der Waals surface area contributed by atoms with Crippen molar-refractivity contribution < 1.29 is 9.90 Å². The lowest BCUT2D eigenvalue weighted by molar-refractivity contribution is 0.0138. The Morgan fingerprint density at radius 3 is 2.43 bits per heavy atom. The number of anilines is 1. The molecule has 1 rings (SSSR count). The number of carbonyl (C=O) groups is 1. The predicted molar refractivity (Wildman–Crippen MR) is 85.5 cm³/mol. The average molecular weight is 293 g/mol. The molecule has 5 nitrogen and oxygen atoms in total. The van der Waals surface area contributed by atoms with E-state index in [1.54, 1.807) is 12.3 Å². The van der Waals surface area contributed by atoms with Crippen molar-refractivity contribution in [3.8, 4) is 0 Å². The van der Waals surface area contributed by atoms with Gasteiger partial charge in [-0.15, -0.1) is 0 Å². The van der Waals surface area contributed by atoms with E-state index in [0.29, 0.717) is 12.1 Å². The van der Waals surface area contributed by atoms with Crippen molar-refractivity contribution in [3.63, 3.8) is 0 Å². The third kappa shape index (κ3) is 4.70. The molecular formula is C16H27N3O2. The quantitative estimate of drug-likeness (QED) is 0.841. The second kappa shape index (κ2) is 6.89. The zero-order chi connectivity index (χ0) is 16.2. The van der Waals surface area contributed by atoms with E-state index in [1.165, 1.54) is 0 Å². The van der Waals surface area contributed by atoms with Gasteiger partial charge in [0.1, 0.15) is 5.82 Å². The summed E-state index contributed by atoms with van der Waals surface area (Å²) in [6.45, 7) is 8.26. The van der Waals surface area contributed by atoms with Crippen LogP contribution in [-0.4, -0.2) is 42.7 Å². The van der Waals surface area contributed by atoms with Crippen molar-refractivity contribution in [2.24, 2.45) is 11.3 Å². The molecule has 2 N–H and O–H groups in total. The van der Waals surface area contributed by atoms with Crippen molar-refractivity contribution in [2.75, 3.05) is 25.5 Å². The Hall–Kier alpha value is -1.62. The number of amides is 1. The second-order valence-electron chi connectivity index (χ2n) is 6.66. The molecular weight excluding hydrogens is 266 g/mol. The van der Waals surface area contributed by atoms with Crippen LogP contribution in [0.15, 0.2) is 18.3 Å². The fourth-order valence-electron chi connectivity index (χ4n) is 2.20. The lowest BCUT2D eigenvalue weighted by Crippen LogP contribution is -2.43. The van der Waals surface area contributed by atoms with Gasteiger partial charge >= 0.3 is 0 Å². The SMILES string of the molecule is CC(C)C(O)C(C)(C)CNC(=O)c1ccc(N(C)C)nc1. The Morgan fingerprint density at radius 2 is 2.00 bits per heavy atom. The maximum Gasteiger partial charge on any atom is 0.252 e. The summed E-state index contributed by atoms with van der Waals surface area (Å²) in [6, 6.07) is 3.56. The molecule has 0 aliphatic carbocycles. The zero-order valence-electron chi connectivity index (χ0n) is 13.8. The Labute approximate surface area is 127 Å². The van der Waals surface area contributed by atoms with Crippen LogP contribution in [0.25, 0.3) is 0 Å². The molecule has 0 spiro atoms. The van der Waals surface area contributed by atoms with Gasteiger partial charge in [0.05, 0.1) is 11.7 Å². The first-order valence-corrected chi connectivity index (χ1v) is 7.25. The summed E-state index contributed by atoms with van der Waals surface area (Å²) in [4.78, 5) is 18.2. The van der Waals surface area contributed by atoms with Crippen molar-refractivity contribution in [1.82, 2.24) is 10.3 Å². The summed E-state index contributed by atoms with van der Waals surface area (Å²) in [5, 5.41) is 13.0. The Kier molecular flexibility index (Phi) is 5.72. The lowest BCUT2D eigenvalue weighted by Gasteiger charge is -2.33. The first kappa shape index (κ1) is 17.4. The van der Waals surface area contributed by atoms with Crippen LogP contribution < -0.4 is 10.2 Å². The third-order valence-corrected chi connectivity index (χ3v) is 3.60. The van der Waals surface area contributed by atoms with E-state index in [1.807, 2.05) is 52.8 Å². The van der Waals surface area contributed by atoms with Crippen LogP contribution in [0, 0.1) is 11.3 Å². The maximum absolute atomic E-state index is 12.1. The number of hydrogen-bond donors (Lipinski definition) is 2. The van der Waals surface area contributed by atoms with Crippen LogP contribution in [0.4, 0.5) is 5.82 Å². The van der Waals surface area contributed by atoms with Crippen LogP contribution in [0.5, 0.6) is 0 Å². The predicted octanol–water partition coefficient (Wildman–Crippen LogP) is 1.92. The summed E-state index contributed by atoms with van der Waals surface area (Å²) >= 11 is 0. The highest BCUT2D eigenvalue weighted by atomic mass is 16.3. The third-order valence-electron chi connectivity index (χ3n) is 3.60. The fourth-order valence-corrected chi connectivity index (χ4v) is 2.20. The molecule has 0 aromatic carbocycles. The van der Waals surface area contributed by atoms with E-state index in [0.717, 1.165) is 5.82 Å². The minimum atomic E-state index is -0.466. The Morgan fingerprint density at radius 1 is 1.38 bits per heavy atom. The van der Waals surface area contributed by atoms with Crippen LogP contribution in [0.3, 0.4) is 0 Å². The van der Waals surface area contributed by atoms with Gasteiger partial charge < -0.3 is 15.3 Å².